The van der Waals surface area contributed by atoms with Crippen LogP contribution >= 0.6 is 11.6 Å². The Morgan fingerprint density at radius 3 is 2.71 bits per heavy atom. The van der Waals surface area contributed by atoms with Gasteiger partial charge in [0.2, 0.25) is 11.7 Å². The maximum absolute atomic E-state index is 13.8. The Kier molecular flexibility index (Phi) is 5.48. The number of ether oxygens (including phenoxy) is 1. The Morgan fingerprint density at radius 1 is 1.16 bits per heavy atom. The smallest absolute Gasteiger partial charge is 0.316 e. The van der Waals surface area contributed by atoms with Crippen LogP contribution in [0.3, 0.4) is 0 Å². The molecule has 2 aromatic carbocycles. The number of halogens is 2. The van der Waals surface area contributed by atoms with Gasteiger partial charge in [-0.05, 0) is 42.0 Å². The highest BCUT2D eigenvalue weighted by molar-refractivity contribution is 6.30. The number of benzene rings is 2. The van der Waals surface area contributed by atoms with Gasteiger partial charge >= 0.3 is 5.56 Å². The summed E-state index contributed by atoms with van der Waals surface area (Å²) in [6.45, 7) is 0.177. The van der Waals surface area contributed by atoms with Crippen molar-refractivity contribution in [1.82, 2.24) is 14.1 Å². The van der Waals surface area contributed by atoms with Crippen LogP contribution in [0.25, 0.3) is 10.8 Å². The van der Waals surface area contributed by atoms with Crippen molar-refractivity contribution in [3.8, 4) is 5.75 Å². The van der Waals surface area contributed by atoms with E-state index in [9.17, 15) is 14.0 Å². The summed E-state index contributed by atoms with van der Waals surface area (Å²) in [6, 6.07) is 11.2. The zero-order valence-corrected chi connectivity index (χ0v) is 17.5. The molecule has 0 aliphatic carbocycles. The normalized spacial score (nSPS) is 11.0. The Balaban J connectivity index is 1.82. The molecule has 1 N–H and O–H groups in total. The van der Waals surface area contributed by atoms with Crippen LogP contribution in [-0.4, -0.2) is 21.2 Å². The van der Waals surface area contributed by atoms with E-state index in [1.807, 2.05) is 0 Å². The van der Waals surface area contributed by atoms with Gasteiger partial charge in [-0.25, -0.2) is 4.39 Å². The van der Waals surface area contributed by atoms with Crippen molar-refractivity contribution < 1.29 is 9.13 Å². The third-order valence-corrected chi connectivity index (χ3v) is 5.04. The van der Waals surface area contributed by atoms with E-state index >= 15 is 0 Å². The molecule has 0 fully saturated rings. The summed E-state index contributed by atoms with van der Waals surface area (Å²) in [6.07, 6.45) is 3.15. The van der Waals surface area contributed by atoms with Crippen molar-refractivity contribution in [2.75, 3.05) is 12.4 Å². The van der Waals surface area contributed by atoms with Gasteiger partial charge < -0.3 is 19.2 Å². The van der Waals surface area contributed by atoms with Crippen LogP contribution < -0.4 is 21.2 Å². The highest BCUT2D eigenvalue weighted by Crippen LogP contribution is 2.25. The lowest BCUT2D eigenvalue weighted by atomic mass is 10.1. The van der Waals surface area contributed by atoms with Crippen molar-refractivity contribution in [2.45, 2.75) is 6.54 Å². The van der Waals surface area contributed by atoms with Crippen LogP contribution in [0.2, 0.25) is 5.02 Å². The molecule has 0 aliphatic rings. The molecule has 2 aromatic heterocycles. The maximum atomic E-state index is 13.8. The largest absolute Gasteiger partial charge is 0.490 e. The monoisotopic (exact) mass is 440 g/mol. The van der Waals surface area contributed by atoms with Gasteiger partial charge in [0.1, 0.15) is 5.82 Å². The van der Waals surface area contributed by atoms with Crippen molar-refractivity contribution in [3.63, 3.8) is 0 Å². The average Bonchev–Trinajstić information content (AvgIpc) is 2.72. The van der Waals surface area contributed by atoms with Gasteiger partial charge in [0.15, 0.2) is 0 Å². The van der Waals surface area contributed by atoms with Gasteiger partial charge in [-0.15, -0.1) is 0 Å². The summed E-state index contributed by atoms with van der Waals surface area (Å²) in [5, 5.41) is 4.58. The highest BCUT2D eigenvalue weighted by Gasteiger charge is 2.13. The van der Waals surface area contributed by atoms with E-state index in [0.717, 1.165) is 0 Å². The van der Waals surface area contributed by atoms with Crippen LogP contribution in [0, 0.1) is 5.82 Å². The Morgan fingerprint density at radius 2 is 1.97 bits per heavy atom. The third kappa shape index (κ3) is 4.15. The van der Waals surface area contributed by atoms with Crippen LogP contribution in [0.5, 0.6) is 5.75 Å². The van der Waals surface area contributed by atoms with Gasteiger partial charge in [-0.2, -0.15) is 4.98 Å². The van der Waals surface area contributed by atoms with E-state index in [1.54, 1.807) is 48.1 Å². The van der Waals surface area contributed by atoms with Gasteiger partial charge in [0.05, 0.1) is 19.9 Å². The molecule has 4 aromatic rings. The summed E-state index contributed by atoms with van der Waals surface area (Å²) >= 11 is 5.98. The average molecular weight is 441 g/mol. The van der Waals surface area contributed by atoms with Gasteiger partial charge in [0, 0.05) is 34.7 Å². The fourth-order valence-corrected chi connectivity index (χ4v) is 3.58. The number of aryl methyl sites for hydroxylation is 1. The van der Waals surface area contributed by atoms with Crippen LogP contribution in [0.4, 0.5) is 16.0 Å². The number of anilines is 2. The number of methoxy groups -OCH3 is 1. The number of nitrogens with zero attached hydrogens (tertiary/aromatic N) is 3. The molecule has 0 saturated heterocycles. The second kappa shape index (κ2) is 8.23. The standard InChI is InChI=1S/C22H18ClFN4O3/c1-27-7-6-16-17(21(27)30)4-3-5-18(16)25-22-26-20(29)19(31-2)12-28(22)11-13-8-14(23)10-15(24)9-13/h3-10,12H,11H2,1-2H3,(H,25,26,29). The molecule has 0 radical (unpaired) electrons. The third-order valence-electron chi connectivity index (χ3n) is 4.83. The molecular weight excluding hydrogens is 423 g/mol. The minimum atomic E-state index is -0.560. The van der Waals surface area contributed by atoms with Crippen LogP contribution in [0.15, 0.2) is 64.4 Å². The first-order valence-electron chi connectivity index (χ1n) is 9.31. The fraction of sp³-hybridized carbons (Fsp3) is 0.136. The van der Waals surface area contributed by atoms with E-state index in [4.69, 9.17) is 16.3 Å². The van der Waals surface area contributed by atoms with E-state index in [-0.39, 0.29) is 28.8 Å². The van der Waals surface area contributed by atoms with E-state index in [2.05, 4.69) is 10.3 Å². The number of pyridine rings is 1. The molecule has 7 nitrogen and oxygen atoms in total. The first kappa shape index (κ1) is 20.6. The first-order chi connectivity index (χ1) is 14.9. The first-order valence-corrected chi connectivity index (χ1v) is 9.69. The summed E-state index contributed by atoms with van der Waals surface area (Å²) in [5.74, 6) is -0.220. The minimum Gasteiger partial charge on any atom is -0.490 e. The molecule has 158 valence electrons. The second-order valence-electron chi connectivity index (χ2n) is 6.97. The molecule has 2 heterocycles. The van der Waals surface area contributed by atoms with Gasteiger partial charge in [0.25, 0.3) is 5.56 Å². The summed E-state index contributed by atoms with van der Waals surface area (Å²) in [4.78, 5) is 28.8. The Bertz CT molecular complexity index is 1390. The zero-order chi connectivity index (χ0) is 22.1. The molecule has 4 rings (SSSR count). The predicted octanol–water partition coefficient (Wildman–Crippen LogP) is 3.69. The molecule has 0 unspecified atom stereocenters. The molecular formula is C22H18ClFN4O3. The molecule has 0 saturated carbocycles. The SMILES string of the molecule is COc1cn(Cc2cc(F)cc(Cl)c2)c(Nc2cccc3c(=O)n(C)ccc23)nc1=O. The lowest BCUT2D eigenvalue weighted by Gasteiger charge is -2.16. The van der Waals surface area contributed by atoms with Gasteiger partial charge in [-0.1, -0.05) is 17.7 Å². The minimum absolute atomic E-state index is 0.0415. The topological polar surface area (TPSA) is 78.2 Å². The molecule has 0 amide bonds. The Labute approximate surface area is 181 Å². The molecule has 31 heavy (non-hydrogen) atoms. The molecule has 0 spiro atoms. The fourth-order valence-electron chi connectivity index (χ4n) is 3.34. The molecule has 0 aliphatic heterocycles. The number of hydrogen-bond donors (Lipinski definition) is 1. The van der Waals surface area contributed by atoms with Crippen molar-refractivity contribution >= 4 is 34.0 Å². The van der Waals surface area contributed by atoms with E-state index in [0.29, 0.717) is 22.0 Å². The second-order valence-corrected chi connectivity index (χ2v) is 7.40. The van der Waals surface area contributed by atoms with Crippen molar-refractivity contribution in [2.24, 2.45) is 7.05 Å². The van der Waals surface area contributed by atoms with Crippen molar-refractivity contribution in [3.05, 3.63) is 92.0 Å². The van der Waals surface area contributed by atoms with E-state index in [1.165, 1.54) is 30.0 Å². The molecule has 9 heteroatoms. The summed E-state index contributed by atoms with van der Waals surface area (Å²) in [5.41, 5.74) is 0.468. The quantitative estimate of drug-likeness (QED) is 0.512. The predicted molar refractivity (Wildman–Crippen MR) is 118 cm³/mol. The Hall–Kier alpha value is -3.65. The lowest BCUT2D eigenvalue weighted by molar-refractivity contribution is 0.402. The summed E-state index contributed by atoms with van der Waals surface area (Å²) in [7, 11) is 3.05. The van der Waals surface area contributed by atoms with Crippen LogP contribution in [0.1, 0.15) is 5.56 Å². The van der Waals surface area contributed by atoms with Crippen molar-refractivity contribution in [1.29, 1.82) is 0 Å². The maximum Gasteiger partial charge on any atom is 0.316 e. The van der Waals surface area contributed by atoms with Gasteiger partial charge in [-0.3, -0.25) is 9.59 Å². The number of fused-ring (bicyclic) bond motifs is 1. The summed E-state index contributed by atoms with van der Waals surface area (Å²) < 4.78 is 22.0. The number of hydrogen-bond acceptors (Lipinski definition) is 5. The lowest BCUT2D eigenvalue weighted by Crippen LogP contribution is -2.19. The zero-order valence-electron chi connectivity index (χ0n) is 16.7. The number of nitrogens with one attached hydrogen (secondary N) is 1. The number of rotatable bonds is 5. The van der Waals surface area contributed by atoms with Crippen LogP contribution in [-0.2, 0) is 13.6 Å². The highest BCUT2D eigenvalue weighted by atomic mass is 35.5. The number of aromatic nitrogens is 3. The molecule has 0 atom stereocenters. The molecule has 0 bridgehead atoms. The van der Waals surface area contributed by atoms with E-state index < -0.39 is 11.4 Å².